The van der Waals surface area contributed by atoms with Crippen molar-refractivity contribution in [2.75, 3.05) is 6.54 Å². The van der Waals surface area contributed by atoms with Crippen molar-refractivity contribution in [1.29, 1.82) is 0 Å². The van der Waals surface area contributed by atoms with Crippen LogP contribution in [0.3, 0.4) is 0 Å². The Bertz CT molecular complexity index is 398. The molecule has 0 atom stereocenters. The number of benzene rings is 1. The molecule has 18 heavy (non-hydrogen) atoms. The van der Waals surface area contributed by atoms with Gasteiger partial charge in [-0.1, -0.05) is 6.42 Å². The highest BCUT2D eigenvalue weighted by Crippen LogP contribution is 2.28. The van der Waals surface area contributed by atoms with E-state index in [0.717, 1.165) is 24.3 Å². The number of hydrogen-bond donors (Lipinski definition) is 4. The van der Waals surface area contributed by atoms with Gasteiger partial charge in [0.15, 0.2) is 11.5 Å². The summed E-state index contributed by atoms with van der Waals surface area (Å²) in [6.07, 6.45) is 2.70. The zero-order valence-corrected chi connectivity index (χ0v) is 10.7. The summed E-state index contributed by atoms with van der Waals surface area (Å²) in [4.78, 5) is 11.1. The van der Waals surface area contributed by atoms with Crippen LogP contribution >= 0.6 is 11.9 Å². The summed E-state index contributed by atoms with van der Waals surface area (Å²) in [6.45, 7) is 0.770. The summed E-state index contributed by atoms with van der Waals surface area (Å²) in [7, 11) is 0. The molecule has 0 saturated heterocycles. The Hall–Kier alpha value is -1.40. The SMILES string of the molecule is O=C(O)CCCCCNSc1ccc(O)c(O)c1. The third-order valence-corrected chi connectivity index (χ3v) is 3.14. The third-order valence-electron chi connectivity index (χ3n) is 2.31. The molecule has 1 aromatic rings. The number of carbonyl (C=O) groups is 1. The molecule has 0 heterocycles. The minimum absolute atomic E-state index is 0.131. The van der Waals surface area contributed by atoms with Gasteiger partial charge >= 0.3 is 5.97 Å². The van der Waals surface area contributed by atoms with Crippen LogP contribution in [-0.2, 0) is 4.79 Å². The Morgan fingerprint density at radius 1 is 1.17 bits per heavy atom. The van der Waals surface area contributed by atoms with Crippen molar-refractivity contribution in [3.05, 3.63) is 18.2 Å². The molecule has 0 bridgehead atoms. The number of carboxylic acids is 1. The fourth-order valence-electron chi connectivity index (χ4n) is 1.35. The van der Waals surface area contributed by atoms with Gasteiger partial charge in [-0.25, -0.2) is 0 Å². The minimum Gasteiger partial charge on any atom is -0.504 e. The van der Waals surface area contributed by atoms with Gasteiger partial charge in [0.05, 0.1) is 0 Å². The van der Waals surface area contributed by atoms with E-state index in [1.54, 1.807) is 6.07 Å². The topological polar surface area (TPSA) is 89.8 Å². The zero-order valence-electron chi connectivity index (χ0n) is 9.93. The smallest absolute Gasteiger partial charge is 0.303 e. The van der Waals surface area contributed by atoms with E-state index in [1.165, 1.54) is 24.1 Å². The van der Waals surface area contributed by atoms with E-state index in [4.69, 9.17) is 10.2 Å². The molecule has 5 nitrogen and oxygen atoms in total. The highest BCUT2D eigenvalue weighted by Gasteiger charge is 2.01. The number of unbranched alkanes of at least 4 members (excludes halogenated alkanes) is 2. The van der Waals surface area contributed by atoms with Crippen LogP contribution in [0.25, 0.3) is 0 Å². The van der Waals surface area contributed by atoms with E-state index in [1.807, 2.05) is 0 Å². The summed E-state index contributed by atoms with van der Waals surface area (Å²) in [5, 5.41) is 26.9. The second-order valence-electron chi connectivity index (χ2n) is 3.85. The second-order valence-corrected chi connectivity index (χ2v) is 4.82. The highest BCUT2D eigenvalue weighted by atomic mass is 32.2. The molecule has 100 valence electrons. The first-order chi connectivity index (χ1) is 8.59. The van der Waals surface area contributed by atoms with Gasteiger partial charge in [-0.3, -0.25) is 9.52 Å². The molecule has 0 radical (unpaired) electrons. The number of aliphatic carboxylic acids is 1. The van der Waals surface area contributed by atoms with Crippen molar-refractivity contribution >= 4 is 17.9 Å². The first-order valence-corrected chi connectivity index (χ1v) is 6.54. The maximum absolute atomic E-state index is 10.3. The molecule has 4 N–H and O–H groups in total. The highest BCUT2D eigenvalue weighted by molar-refractivity contribution is 7.97. The van der Waals surface area contributed by atoms with Crippen molar-refractivity contribution in [2.45, 2.75) is 30.6 Å². The maximum Gasteiger partial charge on any atom is 0.303 e. The van der Waals surface area contributed by atoms with Gasteiger partial charge in [0, 0.05) is 17.9 Å². The largest absolute Gasteiger partial charge is 0.504 e. The summed E-state index contributed by atoms with van der Waals surface area (Å²) >= 11 is 1.37. The quantitative estimate of drug-likeness (QED) is 0.330. The van der Waals surface area contributed by atoms with Gasteiger partial charge in [-0.05, 0) is 43.0 Å². The van der Waals surface area contributed by atoms with Gasteiger partial charge in [-0.15, -0.1) is 0 Å². The lowest BCUT2D eigenvalue weighted by Gasteiger charge is -2.05. The van der Waals surface area contributed by atoms with Gasteiger partial charge in [0.2, 0.25) is 0 Å². The number of hydrogen-bond acceptors (Lipinski definition) is 5. The van der Waals surface area contributed by atoms with Crippen molar-refractivity contribution in [3.8, 4) is 11.5 Å². The van der Waals surface area contributed by atoms with Crippen LogP contribution in [0.2, 0.25) is 0 Å². The monoisotopic (exact) mass is 271 g/mol. The van der Waals surface area contributed by atoms with Crippen LogP contribution in [0.15, 0.2) is 23.1 Å². The average molecular weight is 271 g/mol. The van der Waals surface area contributed by atoms with Crippen molar-refractivity contribution in [2.24, 2.45) is 0 Å². The lowest BCUT2D eigenvalue weighted by molar-refractivity contribution is -0.137. The summed E-state index contributed by atoms with van der Waals surface area (Å²) < 4.78 is 3.11. The van der Waals surface area contributed by atoms with Crippen LogP contribution in [0.5, 0.6) is 11.5 Å². The van der Waals surface area contributed by atoms with E-state index in [9.17, 15) is 9.90 Å². The van der Waals surface area contributed by atoms with E-state index in [0.29, 0.717) is 6.42 Å². The maximum atomic E-state index is 10.3. The first kappa shape index (κ1) is 14.7. The Morgan fingerprint density at radius 2 is 1.94 bits per heavy atom. The lowest BCUT2D eigenvalue weighted by Crippen LogP contribution is -2.05. The van der Waals surface area contributed by atoms with Crippen molar-refractivity contribution in [1.82, 2.24) is 4.72 Å². The Morgan fingerprint density at radius 3 is 2.61 bits per heavy atom. The van der Waals surface area contributed by atoms with E-state index >= 15 is 0 Å². The number of phenols is 2. The molecular formula is C12H17NO4S. The van der Waals surface area contributed by atoms with E-state index in [-0.39, 0.29) is 17.9 Å². The van der Waals surface area contributed by atoms with Crippen LogP contribution in [-0.4, -0.2) is 27.8 Å². The molecule has 0 aliphatic rings. The summed E-state index contributed by atoms with van der Waals surface area (Å²) in [5.41, 5.74) is 0. The Labute approximate surface area is 110 Å². The van der Waals surface area contributed by atoms with E-state index in [2.05, 4.69) is 4.72 Å². The molecule has 0 amide bonds. The fraction of sp³-hybridized carbons (Fsp3) is 0.417. The van der Waals surface area contributed by atoms with Crippen molar-refractivity contribution in [3.63, 3.8) is 0 Å². The fourth-order valence-corrected chi connectivity index (χ4v) is 2.07. The van der Waals surface area contributed by atoms with Gasteiger partial charge < -0.3 is 15.3 Å². The second kappa shape index (κ2) is 7.84. The van der Waals surface area contributed by atoms with Crippen LogP contribution in [0.4, 0.5) is 0 Å². The molecule has 1 aromatic carbocycles. The third kappa shape index (κ3) is 5.79. The van der Waals surface area contributed by atoms with Crippen LogP contribution < -0.4 is 4.72 Å². The summed E-state index contributed by atoms with van der Waals surface area (Å²) in [6, 6.07) is 4.63. The molecule has 1 rings (SSSR count). The first-order valence-electron chi connectivity index (χ1n) is 5.73. The molecule has 0 fully saturated rings. The Balaban J connectivity index is 2.10. The number of nitrogens with one attached hydrogen (secondary N) is 1. The predicted octanol–water partition coefficient (Wildman–Crippen LogP) is 2.34. The molecule has 0 aromatic heterocycles. The Kier molecular flexibility index (Phi) is 6.38. The number of carboxylic acid groups (broad SMARTS) is 1. The van der Waals surface area contributed by atoms with Gasteiger partial charge in [-0.2, -0.15) is 0 Å². The van der Waals surface area contributed by atoms with E-state index < -0.39 is 5.97 Å². The van der Waals surface area contributed by atoms with Gasteiger partial charge in [0.25, 0.3) is 0 Å². The molecule has 0 saturated carbocycles. The molecular weight excluding hydrogens is 254 g/mol. The van der Waals surface area contributed by atoms with Crippen molar-refractivity contribution < 1.29 is 20.1 Å². The molecule has 0 aliphatic carbocycles. The normalized spacial score (nSPS) is 10.4. The average Bonchev–Trinajstić information content (AvgIpc) is 2.32. The molecule has 0 aliphatic heterocycles. The van der Waals surface area contributed by atoms with Crippen LogP contribution in [0, 0.1) is 0 Å². The molecule has 0 unspecified atom stereocenters. The number of phenolic OH excluding ortho intramolecular Hbond substituents is 2. The molecule has 6 heteroatoms. The zero-order chi connectivity index (χ0) is 13.4. The number of aromatic hydroxyl groups is 2. The van der Waals surface area contributed by atoms with Gasteiger partial charge in [0.1, 0.15) is 0 Å². The lowest BCUT2D eigenvalue weighted by atomic mass is 10.2. The number of rotatable bonds is 8. The standard InChI is InChI=1S/C12H17NO4S/c14-10-6-5-9(8-11(10)15)18-13-7-3-1-2-4-12(16)17/h5-6,8,13-15H,1-4,7H2,(H,16,17). The van der Waals surface area contributed by atoms with Crippen LogP contribution in [0.1, 0.15) is 25.7 Å². The minimum atomic E-state index is -0.753. The summed E-state index contributed by atoms with van der Waals surface area (Å²) in [5.74, 6) is -1.02. The predicted molar refractivity (Wildman–Crippen MR) is 69.7 cm³/mol. The molecule has 0 spiro atoms.